The Balaban J connectivity index is 0.000000278. The third kappa shape index (κ3) is 11.4. The lowest BCUT2D eigenvalue weighted by Gasteiger charge is -2.20. The first kappa shape index (κ1) is 33.7. The number of halogens is 4. The van der Waals surface area contributed by atoms with Gasteiger partial charge in [-0.25, -0.2) is 0 Å². The molecular formula is C32H28BrF3N2O6. The van der Waals surface area contributed by atoms with E-state index >= 15 is 0 Å². The van der Waals surface area contributed by atoms with Crippen LogP contribution in [0.4, 0.5) is 18.9 Å². The monoisotopic (exact) mass is 672 g/mol. The normalized spacial score (nSPS) is 10.6. The van der Waals surface area contributed by atoms with Gasteiger partial charge in [-0.05, 0) is 71.3 Å². The Bertz CT molecular complexity index is 1550. The third-order valence-corrected chi connectivity index (χ3v) is 6.47. The van der Waals surface area contributed by atoms with Gasteiger partial charge in [0, 0.05) is 35.9 Å². The van der Waals surface area contributed by atoms with Crippen molar-refractivity contribution in [3.63, 3.8) is 0 Å². The third-order valence-electron chi connectivity index (χ3n) is 5.94. The molecule has 0 aliphatic heterocycles. The van der Waals surface area contributed by atoms with Crippen LogP contribution >= 0.6 is 15.9 Å². The van der Waals surface area contributed by atoms with Crippen molar-refractivity contribution in [3.8, 4) is 22.6 Å². The highest BCUT2D eigenvalue weighted by atomic mass is 79.9. The largest absolute Gasteiger partial charge is 0.573 e. The molecule has 12 heteroatoms. The minimum atomic E-state index is -4.76. The molecule has 4 aromatic carbocycles. The molecule has 0 aliphatic rings. The van der Waals surface area contributed by atoms with E-state index in [4.69, 9.17) is 9.84 Å². The van der Waals surface area contributed by atoms with E-state index < -0.39 is 18.2 Å². The van der Waals surface area contributed by atoms with Crippen LogP contribution in [0.2, 0.25) is 0 Å². The second-order valence-electron chi connectivity index (χ2n) is 9.25. The Kier molecular flexibility index (Phi) is 12.3. The highest BCUT2D eigenvalue weighted by Gasteiger charge is 2.31. The number of anilines is 1. The number of nitrogens with zero attached hydrogens (tertiary/aromatic N) is 1. The number of carbonyl (C=O) groups is 3. The van der Waals surface area contributed by atoms with Crippen LogP contribution in [-0.2, 0) is 16.1 Å². The number of amides is 1. The molecular weight excluding hydrogens is 645 g/mol. The number of aliphatic carboxylic acids is 1. The van der Waals surface area contributed by atoms with Crippen LogP contribution in [-0.4, -0.2) is 43.4 Å². The number of carboxylic acid groups (broad SMARTS) is 1. The number of carboxylic acids is 1. The SMILES string of the molecule is CN(Cc1cccc(OC(F)(F)F)c1)c1cccc(C(=O)NCCC(=O)O)c1.O=COc1ccc(-c2ccc(Br)cc2)cc1. The molecule has 0 atom stereocenters. The predicted molar refractivity (Wildman–Crippen MR) is 163 cm³/mol. The van der Waals surface area contributed by atoms with Gasteiger partial charge >= 0.3 is 12.3 Å². The molecule has 0 aromatic heterocycles. The molecule has 230 valence electrons. The maximum absolute atomic E-state index is 12.4. The molecule has 8 nitrogen and oxygen atoms in total. The number of ether oxygens (including phenoxy) is 2. The smallest absolute Gasteiger partial charge is 0.481 e. The zero-order valence-corrected chi connectivity index (χ0v) is 25.0. The fraction of sp³-hybridized carbons (Fsp3) is 0.156. The summed E-state index contributed by atoms with van der Waals surface area (Å²) in [7, 11) is 1.73. The van der Waals surface area contributed by atoms with Gasteiger partial charge in [0.2, 0.25) is 0 Å². The van der Waals surface area contributed by atoms with E-state index in [9.17, 15) is 27.6 Å². The van der Waals surface area contributed by atoms with Gasteiger partial charge in [-0.15, -0.1) is 13.2 Å². The molecule has 44 heavy (non-hydrogen) atoms. The van der Waals surface area contributed by atoms with Crippen molar-refractivity contribution >= 4 is 40.0 Å². The Hall–Kier alpha value is -4.84. The zero-order chi connectivity index (χ0) is 32.1. The average molecular weight is 673 g/mol. The van der Waals surface area contributed by atoms with Gasteiger partial charge in [-0.1, -0.05) is 58.4 Å². The summed E-state index contributed by atoms with van der Waals surface area (Å²) in [5.41, 5.74) is 3.84. The van der Waals surface area contributed by atoms with E-state index in [1.807, 2.05) is 36.4 Å². The van der Waals surface area contributed by atoms with Gasteiger partial charge in [0.05, 0.1) is 6.42 Å². The average Bonchev–Trinajstić information content (AvgIpc) is 2.98. The minimum Gasteiger partial charge on any atom is -0.481 e. The summed E-state index contributed by atoms with van der Waals surface area (Å²) >= 11 is 3.39. The van der Waals surface area contributed by atoms with Crippen LogP contribution in [0.15, 0.2) is 102 Å². The topological polar surface area (TPSA) is 105 Å². The van der Waals surface area contributed by atoms with E-state index in [-0.39, 0.29) is 18.7 Å². The predicted octanol–water partition coefficient (Wildman–Crippen LogP) is 7.08. The molecule has 0 fully saturated rings. The molecule has 0 saturated carbocycles. The Morgan fingerprint density at radius 1 is 0.909 bits per heavy atom. The summed E-state index contributed by atoms with van der Waals surface area (Å²) in [6.45, 7) is 0.730. The molecule has 4 aromatic rings. The van der Waals surface area contributed by atoms with Crippen molar-refractivity contribution in [2.75, 3.05) is 18.5 Å². The first-order valence-corrected chi connectivity index (χ1v) is 13.8. The van der Waals surface area contributed by atoms with Gasteiger partial charge in [0.25, 0.3) is 12.4 Å². The number of nitrogens with one attached hydrogen (secondary N) is 1. The van der Waals surface area contributed by atoms with Crippen molar-refractivity contribution in [1.29, 1.82) is 0 Å². The highest BCUT2D eigenvalue weighted by Crippen LogP contribution is 2.26. The van der Waals surface area contributed by atoms with Crippen LogP contribution in [0.3, 0.4) is 0 Å². The molecule has 0 spiro atoms. The van der Waals surface area contributed by atoms with Crippen LogP contribution in [0, 0.1) is 0 Å². The van der Waals surface area contributed by atoms with Gasteiger partial charge in [-0.2, -0.15) is 0 Å². The summed E-state index contributed by atoms with van der Waals surface area (Å²) in [5, 5.41) is 11.1. The number of carbonyl (C=O) groups excluding carboxylic acids is 2. The van der Waals surface area contributed by atoms with E-state index in [1.54, 1.807) is 54.4 Å². The fourth-order valence-electron chi connectivity index (χ4n) is 3.90. The molecule has 0 saturated heterocycles. The molecule has 1 amide bonds. The molecule has 0 aliphatic carbocycles. The van der Waals surface area contributed by atoms with Crippen LogP contribution < -0.4 is 19.7 Å². The lowest BCUT2D eigenvalue weighted by molar-refractivity contribution is -0.274. The van der Waals surface area contributed by atoms with Gasteiger partial charge in [0.1, 0.15) is 11.5 Å². The molecule has 0 radical (unpaired) electrons. The van der Waals surface area contributed by atoms with Gasteiger partial charge in [0.15, 0.2) is 0 Å². The quantitative estimate of drug-likeness (QED) is 0.164. The number of rotatable bonds is 11. The van der Waals surface area contributed by atoms with Gasteiger partial charge < -0.3 is 24.8 Å². The first-order chi connectivity index (χ1) is 20.9. The maximum atomic E-state index is 12.4. The second kappa shape index (κ2) is 16.1. The highest BCUT2D eigenvalue weighted by molar-refractivity contribution is 9.10. The van der Waals surface area contributed by atoms with Crippen molar-refractivity contribution in [2.45, 2.75) is 19.3 Å². The van der Waals surface area contributed by atoms with Crippen molar-refractivity contribution in [1.82, 2.24) is 5.32 Å². The number of hydrogen-bond acceptors (Lipinski definition) is 6. The van der Waals surface area contributed by atoms with E-state index in [2.05, 4.69) is 26.0 Å². The Morgan fingerprint density at radius 2 is 1.55 bits per heavy atom. The van der Waals surface area contributed by atoms with Crippen molar-refractivity contribution in [2.24, 2.45) is 0 Å². The van der Waals surface area contributed by atoms with E-state index in [0.717, 1.165) is 15.6 Å². The molecule has 0 unspecified atom stereocenters. The molecule has 2 N–H and O–H groups in total. The lowest BCUT2D eigenvalue weighted by Crippen LogP contribution is -2.26. The number of alkyl halides is 3. The molecule has 0 heterocycles. The number of hydrogen-bond donors (Lipinski definition) is 2. The van der Waals surface area contributed by atoms with E-state index in [0.29, 0.717) is 35.6 Å². The first-order valence-electron chi connectivity index (χ1n) is 13.1. The lowest BCUT2D eigenvalue weighted by atomic mass is 10.1. The zero-order valence-electron chi connectivity index (χ0n) is 23.4. The summed E-state index contributed by atoms with van der Waals surface area (Å²) in [5.74, 6) is -1.16. The maximum Gasteiger partial charge on any atom is 0.573 e. The summed E-state index contributed by atoms with van der Waals surface area (Å²) in [6.07, 6.45) is -4.94. The summed E-state index contributed by atoms with van der Waals surface area (Å²) in [6, 6.07) is 27.7. The van der Waals surface area contributed by atoms with E-state index in [1.165, 1.54) is 18.2 Å². The Labute approximate surface area is 260 Å². The fourth-order valence-corrected chi connectivity index (χ4v) is 4.16. The van der Waals surface area contributed by atoms with Crippen LogP contribution in [0.25, 0.3) is 11.1 Å². The van der Waals surface area contributed by atoms with Gasteiger partial charge in [-0.3, -0.25) is 14.4 Å². The summed E-state index contributed by atoms with van der Waals surface area (Å²) in [4.78, 5) is 34.5. The molecule has 4 rings (SSSR count). The van der Waals surface area contributed by atoms with Crippen molar-refractivity contribution in [3.05, 3.63) is 113 Å². The Morgan fingerprint density at radius 3 is 2.16 bits per heavy atom. The molecule has 0 bridgehead atoms. The van der Waals surface area contributed by atoms with Crippen molar-refractivity contribution < 1.29 is 42.1 Å². The second-order valence-corrected chi connectivity index (χ2v) is 10.2. The minimum absolute atomic E-state index is 0.0141. The number of benzene rings is 4. The standard InChI is InChI=1S/C19H19F3N2O4.C13H9BrO2/c1-24(12-13-4-2-7-16(10-13)28-19(20,21)22)15-6-3-5-14(11-15)18(27)23-9-8-17(25)26;14-12-5-1-10(2-6-12)11-3-7-13(8-4-11)16-9-15/h2-7,10-11H,8-9,12H2,1H3,(H,23,27)(H,25,26);1-9H. The van der Waals surface area contributed by atoms with Crippen LogP contribution in [0.5, 0.6) is 11.5 Å². The summed E-state index contributed by atoms with van der Waals surface area (Å²) < 4.78 is 46.8. The van der Waals surface area contributed by atoms with Crippen LogP contribution in [0.1, 0.15) is 22.3 Å².